The number of carbonyl (C=O) groups excluding carboxylic acids is 1. The standard InChI is InChI=1S/C11H10FNO/c1-2-8(7-13)11(14)9-5-3-4-6-10(9)12/h3-6,8H,2H2,1H3. The molecule has 0 aliphatic carbocycles. The minimum atomic E-state index is -0.744. The van der Waals surface area contributed by atoms with Crippen LogP contribution in [0.5, 0.6) is 0 Å². The van der Waals surface area contributed by atoms with Crippen molar-refractivity contribution in [1.82, 2.24) is 0 Å². The van der Waals surface area contributed by atoms with Gasteiger partial charge in [0.15, 0.2) is 5.78 Å². The molecule has 0 N–H and O–H groups in total. The van der Waals surface area contributed by atoms with Gasteiger partial charge in [0.05, 0.1) is 11.6 Å². The third-order valence-electron chi connectivity index (χ3n) is 2.02. The lowest BCUT2D eigenvalue weighted by Gasteiger charge is -2.05. The first-order chi connectivity index (χ1) is 6.70. The predicted molar refractivity (Wildman–Crippen MR) is 50.1 cm³/mol. The van der Waals surface area contributed by atoms with Gasteiger partial charge in [-0.1, -0.05) is 19.1 Å². The second-order valence-corrected chi connectivity index (χ2v) is 2.93. The number of hydrogen-bond acceptors (Lipinski definition) is 2. The number of rotatable bonds is 3. The molecule has 0 saturated heterocycles. The van der Waals surface area contributed by atoms with Crippen LogP contribution in [0.15, 0.2) is 24.3 Å². The quantitative estimate of drug-likeness (QED) is 0.689. The van der Waals surface area contributed by atoms with Crippen LogP contribution in [-0.2, 0) is 0 Å². The predicted octanol–water partition coefficient (Wildman–Crippen LogP) is 2.56. The van der Waals surface area contributed by atoms with Gasteiger partial charge in [0.25, 0.3) is 0 Å². The van der Waals surface area contributed by atoms with Gasteiger partial charge in [-0.25, -0.2) is 4.39 Å². The number of carbonyl (C=O) groups is 1. The highest BCUT2D eigenvalue weighted by atomic mass is 19.1. The van der Waals surface area contributed by atoms with Crippen molar-refractivity contribution < 1.29 is 9.18 Å². The summed E-state index contributed by atoms with van der Waals surface area (Å²) in [4.78, 5) is 11.6. The lowest BCUT2D eigenvalue weighted by atomic mass is 9.96. The van der Waals surface area contributed by atoms with Gasteiger partial charge in [0.2, 0.25) is 0 Å². The molecule has 0 aliphatic rings. The molecule has 0 aromatic heterocycles. The topological polar surface area (TPSA) is 40.9 Å². The van der Waals surface area contributed by atoms with Crippen molar-refractivity contribution in [2.75, 3.05) is 0 Å². The summed E-state index contributed by atoms with van der Waals surface area (Å²) in [6.45, 7) is 1.73. The SMILES string of the molecule is CCC(C#N)C(=O)c1ccccc1F. The summed E-state index contributed by atoms with van der Waals surface area (Å²) in [6, 6.07) is 7.58. The molecule has 1 aromatic carbocycles. The van der Waals surface area contributed by atoms with Crippen molar-refractivity contribution in [3.8, 4) is 6.07 Å². The van der Waals surface area contributed by atoms with Crippen LogP contribution in [-0.4, -0.2) is 5.78 Å². The minimum absolute atomic E-state index is 0.000833. The molecule has 72 valence electrons. The molecule has 3 heteroatoms. The molecule has 1 atom stereocenters. The Balaban J connectivity index is 3.01. The van der Waals surface area contributed by atoms with Crippen LogP contribution in [0.1, 0.15) is 23.7 Å². The summed E-state index contributed by atoms with van der Waals surface area (Å²) in [5.41, 5.74) is 0.000833. The molecular formula is C11H10FNO. The first kappa shape index (κ1) is 10.4. The lowest BCUT2D eigenvalue weighted by Crippen LogP contribution is -2.13. The Morgan fingerprint density at radius 2 is 2.21 bits per heavy atom. The van der Waals surface area contributed by atoms with E-state index >= 15 is 0 Å². The average molecular weight is 191 g/mol. The Kier molecular flexibility index (Phi) is 3.35. The molecule has 0 radical (unpaired) electrons. The number of ketones is 1. The van der Waals surface area contributed by atoms with Crippen LogP contribution in [0.4, 0.5) is 4.39 Å². The highest BCUT2D eigenvalue weighted by Crippen LogP contribution is 2.14. The maximum atomic E-state index is 13.1. The fraction of sp³-hybridized carbons (Fsp3) is 0.273. The van der Waals surface area contributed by atoms with E-state index in [-0.39, 0.29) is 5.56 Å². The van der Waals surface area contributed by atoms with Crippen molar-refractivity contribution in [1.29, 1.82) is 5.26 Å². The summed E-state index contributed by atoms with van der Waals surface area (Å²) in [5, 5.41) is 8.66. The molecule has 1 aromatic rings. The number of Topliss-reactive ketones (excluding diaryl/α,β-unsaturated/α-hetero) is 1. The Hall–Kier alpha value is -1.69. The second kappa shape index (κ2) is 4.52. The van der Waals surface area contributed by atoms with E-state index in [4.69, 9.17) is 5.26 Å². The molecule has 1 unspecified atom stereocenters. The fourth-order valence-electron chi connectivity index (χ4n) is 1.18. The molecule has 2 nitrogen and oxygen atoms in total. The molecule has 0 fully saturated rings. The number of benzene rings is 1. The molecule has 0 bridgehead atoms. The summed E-state index contributed by atoms with van der Waals surface area (Å²) in [6.07, 6.45) is 0.406. The van der Waals surface area contributed by atoms with Crippen molar-refractivity contribution in [2.45, 2.75) is 13.3 Å². The Labute approximate surface area is 82.0 Å². The van der Waals surface area contributed by atoms with E-state index in [1.807, 2.05) is 6.07 Å². The second-order valence-electron chi connectivity index (χ2n) is 2.93. The van der Waals surface area contributed by atoms with Crippen LogP contribution >= 0.6 is 0 Å². The molecular weight excluding hydrogens is 181 g/mol. The average Bonchev–Trinajstić information content (AvgIpc) is 2.20. The lowest BCUT2D eigenvalue weighted by molar-refractivity contribution is 0.0942. The zero-order chi connectivity index (χ0) is 10.6. The molecule has 0 aliphatic heterocycles. The fourth-order valence-corrected chi connectivity index (χ4v) is 1.18. The van der Waals surface area contributed by atoms with E-state index < -0.39 is 17.5 Å². The highest BCUT2D eigenvalue weighted by molar-refractivity contribution is 5.99. The van der Waals surface area contributed by atoms with E-state index in [0.717, 1.165) is 0 Å². The summed E-state index contributed by atoms with van der Waals surface area (Å²) in [7, 11) is 0. The molecule has 0 heterocycles. The highest BCUT2D eigenvalue weighted by Gasteiger charge is 2.19. The first-order valence-electron chi connectivity index (χ1n) is 4.39. The van der Waals surface area contributed by atoms with Gasteiger partial charge in [-0.2, -0.15) is 5.26 Å². The van der Waals surface area contributed by atoms with Crippen LogP contribution < -0.4 is 0 Å². The maximum Gasteiger partial charge on any atom is 0.182 e. The van der Waals surface area contributed by atoms with Gasteiger partial charge in [-0.3, -0.25) is 4.79 Å². The van der Waals surface area contributed by atoms with Crippen molar-refractivity contribution in [3.05, 3.63) is 35.6 Å². The summed E-state index contributed by atoms with van der Waals surface area (Å²) < 4.78 is 13.1. The molecule has 0 saturated carbocycles. The smallest absolute Gasteiger partial charge is 0.182 e. The maximum absolute atomic E-state index is 13.1. The van der Waals surface area contributed by atoms with Crippen LogP contribution in [0.2, 0.25) is 0 Å². The van der Waals surface area contributed by atoms with Gasteiger partial charge in [0, 0.05) is 0 Å². The molecule has 0 spiro atoms. The zero-order valence-electron chi connectivity index (χ0n) is 7.83. The third-order valence-corrected chi connectivity index (χ3v) is 2.02. The van der Waals surface area contributed by atoms with Gasteiger partial charge in [-0.15, -0.1) is 0 Å². The monoisotopic (exact) mass is 191 g/mol. The number of nitriles is 1. The van der Waals surface area contributed by atoms with E-state index in [0.29, 0.717) is 6.42 Å². The van der Waals surface area contributed by atoms with Gasteiger partial charge in [-0.05, 0) is 18.6 Å². The van der Waals surface area contributed by atoms with Crippen molar-refractivity contribution >= 4 is 5.78 Å². The third kappa shape index (κ3) is 1.97. The Morgan fingerprint density at radius 3 is 2.71 bits per heavy atom. The Bertz CT molecular complexity index is 381. The summed E-state index contributed by atoms with van der Waals surface area (Å²) in [5.74, 6) is -1.74. The van der Waals surface area contributed by atoms with Gasteiger partial charge in [0.1, 0.15) is 11.7 Å². The first-order valence-corrected chi connectivity index (χ1v) is 4.39. The zero-order valence-corrected chi connectivity index (χ0v) is 7.83. The van der Waals surface area contributed by atoms with Crippen LogP contribution in [0.25, 0.3) is 0 Å². The van der Waals surface area contributed by atoms with Gasteiger partial charge < -0.3 is 0 Å². The minimum Gasteiger partial charge on any atom is -0.293 e. The van der Waals surface area contributed by atoms with Crippen LogP contribution in [0, 0.1) is 23.1 Å². The van der Waals surface area contributed by atoms with Crippen molar-refractivity contribution in [3.63, 3.8) is 0 Å². The normalized spacial score (nSPS) is 11.8. The van der Waals surface area contributed by atoms with E-state index in [1.165, 1.54) is 18.2 Å². The molecule has 14 heavy (non-hydrogen) atoms. The van der Waals surface area contributed by atoms with Gasteiger partial charge >= 0.3 is 0 Å². The largest absolute Gasteiger partial charge is 0.293 e. The van der Waals surface area contributed by atoms with Crippen molar-refractivity contribution in [2.24, 2.45) is 5.92 Å². The van der Waals surface area contributed by atoms with Crippen LogP contribution in [0.3, 0.4) is 0 Å². The summed E-state index contributed by atoms with van der Waals surface area (Å²) >= 11 is 0. The van der Waals surface area contributed by atoms with E-state index in [1.54, 1.807) is 13.0 Å². The number of nitrogens with zero attached hydrogens (tertiary/aromatic N) is 1. The molecule has 1 rings (SSSR count). The van der Waals surface area contributed by atoms with E-state index in [2.05, 4.69) is 0 Å². The van der Waals surface area contributed by atoms with E-state index in [9.17, 15) is 9.18 Å². The molecule has 0 amide bonds. The number of halogens is 1. The number of hydrogen-bond donors (Lipinski definition) is 0. The Morgan fingerprint density at radius 1 is 1.57 bits per heavy atom.